The summed E-state index contributed by atoms with van der Waals surface area (Å²) < 4.78 is 2.05. The van der Waals surface area contributed by atoms with Crippen LogP contribution in [0.5, 0.6) is 0 Å². The van der Waals surface area contributed by atoms with E-state index < -0.39 is 0 Å². The molecule has 1 saturated heterocycles. The Kier molecular flexibility index (Phi) is 6.09. The molecular formula is C18H27N5OS. The van der Waals surface area contributed by atoms with E-state index in [1.165, 1.54) is 4.88 Å². The monoisotopic (exact) mass is 361 g/mol. The highest BCUT2D eigenvalue weighted by Crippen LogP contribution is 2.23. The van der Waals surface area contributed by atoms with Gasteiger partial charge in [-0.15, -0.1) is 11.3 Å². The van der Waals surface area contributed by atoms with Crippen molar-refractivity contribution in [2.24, 2.45) is 7.05 Å². The molecule has 0 aromatic carbocycles. The lowest BCUT2D eigenvalue weighted by Gasteiger charge is -2.35. The highest BCUT2D eigenvalue weighted by molar-refractivity contribution is 7.10. The number of imidazole rings is 1. The molecular weight excluding hydrogens is 334 g/mol. The maximum absolute atomic E-state index is 12.6. The molecule has 136 valence electrons. The highest BCUT2D eigenvalue weighted by Gasteiger charge is 2.24. The van der Waals surface area contributed by atoms with Gasteiger partial charge >= 0.3 is 6.03 Å². The van der Waals surface area contributed by atoms with Crippen LogP contribution in [-0.4, -0.2) is 51.6 Å². The Hall–Kier alpha value is -1.86. The molecule has 3 rings (SSSR count). The minimum atomic E-state index is 0.0588. The molecule has 1 aliphatic heterocycles. The zero-order chi connectivity index (χ0) is 17.6. The van der Waals surface area contributed by atoms with E-state index in [9.17, 15) is 4.79 Å². The first kappa shape index (κ1) is 17.9. The fourth-order valence-corrected chi connectivity index (χ4v) is 3.97. The van der Waals surface area contributed by atoms with E-state index in [2.05, 4.69) is 38.1 Å². The SMILES string of the molecule is CCCC(NC(=O)N1CCN(Cc2nccn2C)CC1)c1cccs1. The number of nitrogens with one attached hydrogen (secondary N) is 1. The third-order valence-electron chi connectivity index (χ3n) is 4.71. The Morgan fingerprint density at radius 3 is 2.76 bits per heavy atom. The molecule has 1 aliphatic rings. The summed E-state index contributed by atoms with van der Waals surface area (Å²) in [4.78, 5) is 22.6. The first-order chi connectivity index (χ1) is 12.2. The Morgan fingerprint density at radius 2 is 2.16 bits per heavy atom. The second-order valence-electron chi connectivity index (χ2n) is 6.52. The molecule has 1 unspecified atom stereocenters. The fraction of sp³-hybridized carbons (Fsp3) is 0.556. The second kappa shape index (κ2) is 8.49. The van der Waals surface area contributed by atoms with E-state index in [-0.39, 0.29) is 12.1 Å². The van der Waals surface area contributed by atoms with Crippen LogP contribution >= 0.6 is 11.3 Å². The van der Waals surface area contributed by atoms with Gasteiger partial charge in [0.2, 0.25) is 0 Å². The van der Waals surface area contributed by atoms with Gasteiger partial charge in [0, 0.05) is 50.5 Å². The van der Waals surface area contributed by atoms with Crippen molar-refractivity contribution >= 4 is 17.4 Å². The zero-order valence-corrected chi connectivity index (χ0v) is 15.8. The van der Waals surface area contributed by atoms with E-state index in [1.807, 2.05) is 30.4 Å². The summed E-state index contributed by atoms with van der Waals surface area (Å²) in [5.74, 6) is 1.07. The number of piperazine rings is 1. The summed E-state index contributed by atoms with van der Waals surface area (Å²) >= 11 is 1.71. The number of hydrogen-bond acceptors (Lipinski definition) is 4. The molecule has 0 bridgehead atoms. The van der Waals surface area contributed by atoms with Crippen LogP contribution in [0.1, 0.15) is 36.5 Å². The van der Waals surface area contributed by atoms with Gasteiger partial charge in [0.05, 0.1) is 12.6 Å². The highest BCUT2D eigenvalue weighted by atomic mass is 32.1. The third kappa shape index (κ3) is 4.61. The summed E-state index contributed by atoms with van der Waals surface area (Å²) in [7, 11) is 2.02. The molecule has 2 amide bonds. The van der Waals surface area contributed by atoms with Crippen LogP contribution in [0.3, 0.4) is 0 Å². The number of amides is 2. The molecule has 2 aromatic heterocycles. The van der Waals surface area contributed by atoms with Gasteiger partial charge in [-0.2, -0.15) is 0 Å². The van der Waals surface area contributed by atoms with Crippen molar-refractivity contribution in [3.8, 4) is 0 Å². The Balaban J connectivity index is 1.50. The second-order valence-corrected chi connectivity index (χ2v) is 7.50. The first-order valence-corrected chi connectivity index (χ1v) is 9.82. The average Bonchev–Trinajstić information content (AvgIpc) is 3.28. The van der Waals surface area contributed by atoms with Crippen LogP contribution in [0, 0.1) is 0 Å². The lowest BCUT2D eigenvalue weighted by molar-refractivity contribution is 0.130. The lowest BCUT2D eigenvalue weighted by atomic mass is 10.1. The smallest absolute Gasteiger partial charge is 0.317 e. The summed E-state index contributed by atoms with van der Waals surface area (Å²) in [5, 5.41) is 5.29. The predicted octanol–water partition coefficient (Wildman–Crippen LogP) is 2.85. The summed E-state index contributed by atoms with van der Waals surface area (Å²) in [6, 6.07) is 4.34. The number of nitrogens with zero attached hydrogens (tertiary/aromatic N) is 4. The molecule has 1 fully saturated rings. The van der Waals surface area contributed by atoms with Crippen LogP contribution in [0.2, 0.25) is 0 Å². The van der Waals surface area contributed by atoms with Crippen molar-refractivity contribution in [2.45, 2.75) is 32.4 Å². The first-order valence-electron chi connectivity index (χ1n) is 8.94. The van der Waals surface area contributed by atoms with Crippen LogP contribution < -0.4 is 5.32 Å². The largest absolute Gasteiger partial charge is 0.337 e. The van der Waals surface area contributed by atoms with Gasteiger partial charge in [-0.05, 0) is 17.9 Å². The van der Waals surface area contributed by atoms with Crippen LogP contribution in [-0.2, 0) is 13.6 Å². The normalized spacial score (nSPS) is 16.8. The summed E-state index contributed by atoms with van der Waals surface area (Å²) in [5.41, 5.74) is 0. The fourth-order valence-electron chi connectivity index (χ4n) is 3.16. The van der Waals surface area contributed by atoms with Crippen molar-refractivity contribution in [3.05, 3.63) is 40.6 Å². The van der Waals surface area contributed by atoms with E-state index in [1.54, 1.807) is 11.3 Å². The third-order valence-corrected chi connectivity index (χ3v) is 5.69. The predicted molar refractivity (Wildman–Crippen MR) is 101 cm³/mol. The van der Waals surface area contributed by atoms with Crippen molar-refractivity contribution < 1.29 is 4.79 Å². The van der Waals surface area contributed by atoms with Gasteiger partial charge < -0.3 is 14.8 Å². The molecule has 0 saturated carbocycles. The zero-order valence-electron chi connectivity index (χ0n) is 15.0. The summed E-state index contributed by atoms with van der Waals surface area (Å²) in [6.07, 6.45) is 5.83. The number of carbonyl (C=O) groups excluding carboxylic acids is 1. The van der Waals surface area contributed by atoms with Gasteiger partial charge in [-0.1, -0.05) is 19.4 Å². The number of urea groups is 1. The standard InChI is InChI=1S/C18H27N5OS/c1-3-5-15(16-6-4-13-25-16)20-18(24)23-11-9-22(10-12-23)14-17-19-7-8-21(17)2/h4,6-8,13,15H,3,5,9-12,14H2,1-2H3,(H,20,24). The molecule has 7 heteroatoms. The van der Waals surface area contributed by atoms with Gasteiger partial charge in [0.15, 0.2) is 0 Å². The van der Waals surface area contributed by atoms with Gasteiger partial charge in [-0.25, -0.2) is 9.78 Å². The van der Waals surface area contributed by atoms with E-state index in [0.717, 1.165) is 51.4 Å². The van der Waals surface area contributed by atoms with Crippen LogP contribution in [0.25, 0.3) is 0 Å². The lowest BCUT2D eigenvalue weighted by Crippen LogP contribution is -2.52. The maximum Gasteiger partial charge on any atom is 0.317 e. The van der Waals surface area contributed by atoms with Gasteiger partial charge in [-0.3, -0.25) is 4.90 Å². The maximum atomic E-state index is 12.6. The van der Waals surface area contributed by atoms with Crippen LogP contribution in [0.4, 0.5) is 4.79 Å². The molecule has 0 aliphatic carbocycles. The van der Waals surface area contributed by atoms with E-state index in [4.69, 9.17) is 0 Å². The van der Waals surface area contributed by atoms with Crippen molar-refractivity contribution in [1.29, 1.82) is 0 Å². The van der Waals surface area contributed by atoms with Gasteiger partial charge in [0.1, 0.15) is 5.82 Å². The van der Waals surface area contributed by atoms with Crippen molar-refractivity contribution in [1.82, 2.24) is 24.7 Å². The quantitative estimate of drug-likeness (QED) is 0.861. The molecule has 2 aromatic rings. The molecule has 1 N–H and O–H groups in total. The minimum absolute atomic E-state index is 0.0588. The topological polar surface area (TPSA) is 53.4 Å². The van der Waals surface area contributed by atoms with Crippen molar-refractivity contribution in [3.63, 3.8) is 0 Å². The number of rotatable bonds is 6. The van der Waals surface area contributed by atoms with Gasteiger partial charge in [0.25, 0.3) is 0 Å². The number of carbonyl (C=O) groups is 1. The van der Waals surface area contributed by atoms with Crippen molar-refractivity contribution in [2.75, 3.05) is 26.2 Å². The minimum Gasteiger partial charge on any atom is -0.337 e. The molecule has 3 heterocycles. The molecule has 6 nitrogen and oxygen atoms in total. The average molecular weight is 362 g/mol. The van der Waals surface area contributed by atoms with Crippen LogP contribution in [0.15, 0.2) is 29.9 Å². The van der Waals surface area contributed by atoms with E-state index in [0.29, 0.717) is 0 Å². The Morgan fingerprint density at radius 1 is 1.36 bits per heavy atom. The Labute approximate surface area is 153 Å². The molecule has 0 radical (unpaired) electrons. The molecule has 1 atom stereocenters. The molecule has 25 heavy (non-hydrogen) atoms. The molecule has 0 spiro atoms. The Bertz CT molecular complexity index is 661. The van der Waals surface area contributed by atoms with E-state index >= 15 is 0 Å². The summed E-state index contributed by atoms with van der Waals surface area (Å²) in [6.45, 7) is 6.30. The number of hydrogen-bond donors (Lipinski definition) is 1. The number of aromatic nitrogens is 2. The number of thiophene rings is 1. The number of aryl methyl sites for hydroxylation is 1.